The normalized spacial score (nSPS) is 17.9. The van der Waals surface area contributed by atoms with E-state index in [-0.39, 0.29) is 59.5 Å². The van der Waals surface area contributed by atoms with E-state index >= 15 is 0 Å². The molecule has 0 aromatic heterocycles. The first-order valence-electron chi connectivity index (χ1n) is 18.2. The summed E-state index contributed by atoms with van der Waals surface area (Å²) in [5.74, 6) is -0.638. The Kier molecular flexibility index (Phi) is 15.5. The van der Waals surface area contributed by atoms with Crippen LogP contribution < -0.4 is 9.47 Å². The van der Waals surface area contributed by atoms with Gasteiger partial charge in [-0.25, -0.2) is 19.2 Å². The molecule has 1 fully saturated rings. The summed E-state index contributed by atoms with van der Waals surface area (Å²) in [6, 6.07) is 16.0. The van der Waals surface area contributed by atoms with E-state index in [1.54, 1.807) is 27.7 Å². The summed E-state index contributed by atoms with van der Waals surface area (Å²) < 4.78 is 33.1. The maximum absolute atomic E-state index is 12.2. The van der Waals surface area contributed by atoms with Crippen molar-refractivity contribution in [2.45, 2.75) is 97.2 Å². The Labute approximate surface area is 320 Å². The van der Waals surface area contributed by atoms with Crippen molar-refractivity contribution in [2.75, 3.05) is 26.4 Å². The Morgan fingerprint density at radius 3 is 1.37 bits per heavy atom. The first-order chi connectivity index (χ1) is 25.3. The maximum atomic E-state index is 12.2. The molecular formula is C44H56O10. The van der Waals surface area contributed by atoms with E-state index in [9.17, 15) is 19.2 Å². The van der Waals surface area contributed by atoms with Crippen LogP contribution in [0.15, 0.2) is 97.1 Å². The van der Waals surface area contributed by atoms with Gasteiger partial charge in [0.1, 0.15) is 37.9 Å². The largest absolute Gasteiger partial charge is 0.490 e. The van der Waals surface area contributed by atoms with Gasteiger partial charge in [0.2, 0.25) is 0 Å². The van der Waals surface area contributed by atoms with Gasteiger partial charge in [0, 0.05) is 22.3 Å². The van der Waals surface area contributed by atoms with E-state index in [0.29, 0.717) is 17.4 Å². The molecule has 0 heterocycles. The lowest BCUT2D eigenvalue weighted by molar-refractivity contribution is -0.155. The molecule has 1 saturated carbocycles. The highest BCUT2D eigenvalue weighted by Crippen LogP contribution is 2.48. The lowest BCUT2D eigenvalue weighted by Crippen LogP contribution is -2.37. The Hall–Kier alpha value is -5.12. The number of carbonyl (C=O) groups is 4. The fourth-order valence-corrected chi connectivity index (χ4v) is 6.13. The fourth-order valence-electron chi connectivity index (χ4n) is 6.13. The molecule has 292 valence electrons. The summed E-state index contributed by atoms with van der Waals surface area (Å²) in [7, 11) is 0. The lowest BCUT2D eigenvalue weighted by atomic mass is 9.60. The molecule has 2 aromatic carbocycles. The van der Waals surface area contributed by atoms with Gasteiger partial charge in [-0.3, -0.25) is 0 Å². The highest BCUT2D eigenvalue weighted by atomic mass is 16.6. The molecule has 54 heavy (non-hydrogen) atoms. The van der Waals surface area contributed by atoms with Crippen LogP contribution in [0.4, 0.5) is 0 Å². The quantitative estimate of drug-likeness (QED) is 0.0792. The van der Waals surface area contributed by atoms with Gasteiger partial charge in [0.05, 0.1) is 0 Å². The standard InChI is InChI=1S/C44H56O10/c1-28(2)39(45)51-26-37(53-41(47)30(5)6)24-49-35-16-12-32(13-17-35)43(9,10)33-20-22-44(11,23-21-33)34-14-18-36(19-15-34)50-25-38(54-42(48)31(7)8)27-52-40(46)29(3)4/h12-19,33,37-38H,1,3,5,7,20-27H2,2,4,6,8-11H3. The number of benzene rings is 2. The minimum atomic E-state index is -0.815. The van der Waals surface area contributed by atoms with E-state index in [4.69, 9.17) is 28.4 Å². The average molecular weight is 745 g/mol. The van der Waals surface area contributed by atoms with Crippen LogP contribution in [0.5, 0.6) is 11.5 Å². The molecule has 2 aromatic rings. The SMILES string of the molecule is C=C(C)C(=O)OCC(COc1ccc(C2(C)CCC(C(C)(C)c3ccc(OCC(COC(=O)C(=C)C)OC(=O)C(=C)C)cc3)CC2)cc1)OC(=O)C(=C)C. The van der Waals surface area contributed by atoms with Gasteiger partial charge in [-0.1, -0.05) is 71.4 Å². The minimum Gasteiger partial charge on any atom is -0.490 e. The molecule has 1 aliphatic rings. The fraction of sp³-hybridized carbons (Fsp3) is 0.455. The first-order valence-corrected chi connectivity index (χ1v) is 18.2. The Balaban J connectivity index is 1.57. The van der Waals surface area contributed by atoms with Crippen molar-refractivity contribution in [3.63, 3.8) is 0 Å². The van der Waals surface area contributed by atoms with Crippen LogP contribution in [0.25, 0.3) is 0 Å². The summed E-state index contributed by atoms with van der Waals surface area (Å²) in [5, 5.41) is 0. The number of hydrogen-bond donors (Lipinski definition) is 0. The highest BCUT2D eigenvalue weighted by molar-refractivity contribution is 5.88. The molecule has 0 N–H and O–H groups in total. The molecule has 10 nitrogen and oxygen atoms in total. The third-order valence-corrected chi connectivity index (χ3v) is 9.87. The summed E-state index contributed by atoms with van der Waals surface area (Å²) in [6.45, 7) is 27.1. The van der Waals surface area contributed by atoms with Crippen LogP contribution >= 0.6 is 0 Å². The monoisotopic (exact) mass is 744 g/mol. The number of ether oxygens (including phenoxy) is 6. The van der Waals surface area contributed by atoms with Gasteiger partial charge < -0.3 is 28.4 Å². The molecule has 0 aliphatic heterocycles. The summed E-state index contributed by atoms with van der Waals surface area (Å²) in [4.78, 5) is 48.1. The van der Waals surface area contributed by atoms with Gasteiger partial charge >= 0.3 is 23.9 Å². The van der Waals surface area contributed by atoms with E-state index in [2.05, 4.69) is 71.4 Å². The van der Waals surface area contributed by atoms with Gasteiger partial charge in [0.25, 0.3) is 0 Å². The Bertz CT molecular complexity index is 1690. The predicted molar refractivity (Wildman–Crippen MR) is 207 cm³/mol. The first kappa shape index (κ1) is 43.3. The number of rotatable bonds is 19. The summed E-state index contributed by atoms with van der Waals surface area (Å²) in [6.07, 6.45) is 2.53. The van der Waals surface area contributed by atoms with Crippen LogP contribution in [0.2, 0.25) is 0 Å². The van der Waals surface area contributed by atoms with Crippen molar-refractivity contribution in [1.82, 2.24) is 0 Å². The zero-order chi connectivity index (χ0) is 40.2. The summed E-state index contributed by atoms with van der Waals surface area (Å²) >= 11 is 0. The zero-order valence-corrected chi connectivity index (χ0v) is 32.9. The Morgan fingerprint density at radius 1 is 0.630 bits per heavy atom. The van der Waals surface area contributed by atoms with E-state index in [1.807, 2.05) is 24.3 Å². The smallest absolute Gasteiger partial charge is 0.333 e. The van der Waals surface area contributed by atoms with Crippen molar-refractivity contribution in [2.24, 2.45) is 5.92 Å². The topological polar surface area (TPSA) is 124 Å². The van der Waals surface area contributed by atoms with Crippen molar-refractivity contribution in [3.8, 4) is 11.5 Å². The summed E-state index contributed by atoms with van der Waals surface area (Å²) in [5.41, 5.74) is 3.31. The predicted octanol–water partition coefficient (Wildman–Crippen LogP) is 8.08. The second-order valence-corrected chi connectivity index (χ2v) is 15.1. The van der Waals surface area contributed by atoms with Crippen LogP contribution in [-0.2, 0) is 49.0 Å². The lowest BCUT2D eigenvalue weighted by Gasteiger charge is -2.44. The molecule has 0 spiro atoms. The van der Waals surface area contributed by atoms with Gasteiger partial charge in [-0.05, 0) is 106 Å². The Morgan fingerprint density at radius 2 is 1.00 bits per heavy atom. The molecule has 10 heteroatoms. The number of carbonyl (C=O) groups excluding carboxylic acids is 4. The minimum absolute atomic E-state index is 0.00132. The third kappa shape index (κ3) is 12.5. The van der Waals surface area contributed by atoms with Gasteiger partial charge in [-0.2, -0.15) is 0 Å². The molecule has 3 rings (SSSR count). The average Bonchev–Trinajstić information content (AvgIpc) is 3.13. The zero-order valence-electron chi connectivity index (χ0n) is 32.9. The molecular weight excluding hydrogens is 688 g/mol. The second kappa shape index (κ2) is 19.3. The number of hydrogen-bond acceptors (Lipinski definition) is 10. The van der Waals surface area contributed by atoms with Crippen molar-refractivity contribution >= 4 is 23.9 Å². The molecule has 0 radical (unpaired) electrons. The number of esters is 4. The molecule has 1 aliphatic carbocycles. The van der Waals surface area contributed by atoms with E-state index < -0.39 is 36.1 Å². The maximum Gasteiger partial charge on any atom is 0.333 e. The molecule has 2 unspecified atom stereocenters. The van der Waals surface area contributed by atoms with Crippen LogP contribution in [-0.4, -0.2) is 62.5 Å². The van der Waals surface area contributed by atoms with Crippen molar-refractivity contribution in [3.05, 3.63) is 108 Å². The second-order valence-electron chi connectivity index (χ2n) is 15.1. The van der Waals surface area contributed by atoms with Gasteiger partial charge in [0.15, 0.2) is 12.2 Å². The van der Waals surface area contributed by atoms with E-state index in [1.165, 1.54) is 11.1 Å². The van der Waals surface area contributed by atoms with E-state index in [0.717, 1.165) is 25.7 Å². The molecule has 2 atom stereocenters. The highest BCUT2D eigenvalue weighted by Gasteiger charge is 2.39. The van der Waals surface area contributed by atoms with Crippen molar-refractivity contribution in [1.29, 1.82) is 0 Å². The van der Waals surface area contributed by atoms with Crippen LogP contribution in [0.1, 0.15) is 85.3 Å². The van der Waals surface area contributed by atoms with Crippen molar-refractivity contribution < 1.29 is 47.6 Å². The van der Waals surface area contributed by atoms with Gasteiger partial charge in [-0.15, -0.1) is 0 Å². The van der Waals surface area contributed by atoms with Crippen LogP contribution in [0, 0.1) is 5.92 Å². The molecule has 0 amide bonds. The van der Waals surface area contributed by atoms with Crippen LogP contribution in [0.3, 0.4) is 0 Å². The molecule has 0 bridgehead atoms. The third-order valence-electron chi connectivity index (χ3n) is 9.87. The molecule has 0 saturated heterocycles.